The number of nitrogens with one attached hydrogen (secondary N) is 1. The topological polar surface area (TPSA) is 95.3 Å². The summed E-state index contributed by atoms with van der Waals surface area (Å²) in [5.74, 6) is 2.92. The van der Waals surface area contributed by atoms with Gasteiger partial charge in [-0.3, -0.25) is 4.79 Å². The summed E-state index contributed by atoms with van der Waals surface area (Å²) in [5.41, 5.74) is 6.61. The van der Waals surface area contributed by atoms with Crippen molar-refractivity contribution in [2.24, 2.45) is 5.92 Å². The third-order valence-electron chi connectivity index (χ3n) is 6.53. The van der Waals surface area contributed by atoms with Crippen LogP contribution < -0.4 is 30.0 Å². The normalized spacial score (nSPS) is 14.3. The molecule has 8 nitrogen and oxygen atoms in total. The Kier molecular flexibility index (Phi) is 10.8. The van der Waals surface area contributed by atoms with Crippen LogP contribution in [0.15, 0.2) is 30.3 Å². The molecule has 2 aromatic carbocycles. The molecule has 0 unspecified atom stereocenters. The first-order valence-electron chi connectivity index (χ1n) is 12.4. The molecule has 0 aromatic heterocycles. The van der Waals surface area contributed by atoms with Crippen molar-refractivity contribution in [1.29, 1.82) is 0 Å². The quantitative estimate of drug-likeness (QED) is 0.294. The van der Waals surface area contributed by atoms with Crippen molar-refractivity contribution in [3.63, 3.8) is 0 Å². The second-order valence-corrected chi connectivity index (χ2v) is 9.43. The number of ether oxygens (including phenoxy) is 4. The highest BCUT2D eigenvalue weighted by atomic mass is 35.5. The summed E-state index contributed by atoms with van der Waals surface area (Å²) < 4.78 is 21.7. The lowest BCUT2D eigenvalue weighted by molar-refractivity contribution is 0.0933. The van der Waals surface area contributed by atoms with Crippen molar-refractivity contribution in [2.45, 2.75) is 32.1 Å². The van der Waals surface area contributed by atoms with E-state index >= 15 is 0 Å². The molecule has 0 saturated carbocycles. The minimum atomic E-state index is -0.189. The minimum absolute atomic E-state index is 0.189. The van der Waals surface area contributed by atoms with E-state index in [1.165, 1.54) is 7.11 Å². The number of hydrogen-bond donors (Lipinski definition) is 2. The number of carbonyl (C=O) groups is 1. The molecule has 1 amide bonds. The van der Waals surface area contributed by atoms with Crippen LogP contribution in [0.4, 0.5) is 5.69 Å². The molecule has 0 spiro atoms. The van der Waals surface area contributed by atoms with Crippen LogP contribution in [0.25, 0.3) is 0 Å². The van der Waals surface area contributed by atoms with Gasteiger partial charge in [-0.2, -0.15) is 0 Å². The number of nitrogens with two attached hydrogens (primary N) is 1. The van der Waals surface area contributed by atoms with Crippen LogP contribution in [-0.2, 0) is 0 Å². The van der Waals surface area contributed by atoms with Gasteiger partial charge in [0.05, 0.1) is 44.2 Å². The zero-order valence-corrected chi connectivity index (χ0v) is 22.2. The monoisotopic (exact) mass is 519 g/mol. The molecule has 0 atom stereocenters. The maximum atomic E-state index is 12.7. The van der Waals surface area contributed by atoms with E-state index in [9.17, 15) is 4.79 Å². The van der Waals surface area contributed by atoms with Gasteiger partial charge in [0.25, 0.3) is 5.91 Å². The van der Waals surface area contributed by atoms with Gasteiger partial charge in [-0.15, -0.1) is 0 Å². The highest BCUT2D eigenvalue weighted by molar-refractivity contribution is 6.33. The number of nitrogen functional groups attached to an aromatic ring is 1. The fourth-order valence-electron chi connectivity index (χ4n) is 4.33. The minimum Gasteiger partial charge on any atom is -0.496 e. The summed E-state index contributed by atoms with van der Waals surface area (Å²) in [6.07, 6.45) is 5.40. The van der Waals surface area contributed by atoms with E-state index in [2.05, 4.69) is 10.2 Å². The second kappa shape index (κ2) is 14.0. The van der Waals surface area contributed by atoms with Crippen LogP contribution >= 0.6 is 11.6 Å². The van der Waals surface area contributed by atoms with E-state index in [0.29, 0.717) is 41.1 Å². The number of amides is 1. The predicted molar refractivity (Wildman–Crippen MR) is 143 cm³/mol. The molecule has 0 radical (unpaired) electrons. The Morgan fingerprint density at radius 2 is 1.64 bits per heavy atom. The number of rotatable bonds is 13. The molecule has 1 saturated heterocycles. The largest absolute Gasteiger partial charge is 0.496 e. The van der Waals surface area contributed by atoms with Crippen LogP contribution in [0, 0.1) is 5.92 Å². The van der Waals surface area contributed by atoms with Gasteiger partial charge in [0.15, 0.2) is 0 Å². The molecule has 36 heavy (non-hydrogen) atoms. The Morgan fingerprint density at radius 1 is 0.972 bits per heavy atom. The number of halogens is 1. The van der Waals surface area contributed by atoms with E-state index in [0.717, 1.165) is 69.0 Å². The molecule has 1 aliphatic rings. The fourth-order valence-corrected chi connectivity index (χ4v) is 4.49. The predicted octanol–water partition coefficient (Wildman–Crippen LogP) is 4.64. The molecule has 0 bridgehead atoms. The molecule has 1 fully saturated rings. The Morgan fingerprint density at radius 3 is 2.28 bits per heavy atom. The molecule has 198 valence electrons. The zero-order chi connectivity index (χ0) is 25.9. The van der Waals surface area contributed by atoms with Gasteiger partial charge in [-0.1, -0.05) is 11.6 Å². The van der Waals surface area contributed by atoms with Crippen molar-refractivity contribution >= 4 is 23.2 Å². The molecule has 0 aliphatic carbocycles. The third kappa shape index (κ3) is 8.10. The number of hydrogen-bond acceptors (Lipinski definition) is 7. The van der Waals surface area contributed by atoms with Gasteiger partial charge in [-0.25, -0.2) is 0 Å². The average molecular weight is 520 g/mol. The van der Waals surface area contributed by atoms with Gasteiger partial charge < -0.3 is 34.9 Å². The lowest BCUT2D eigenvalue weighted by atomic mass is 9.96. The van der Waals surface area contributed by atoms with Crippen molar-refractivity contribution in [1.82, 2.24) is 10.2 Å². The molecular formula is C27H38ClN3O5. The fraction of sp³-hybridized carbons (Fsp3) is 0.519. The first kappa shape index (κ1) is 27.7. The van der Waals surface area contributed by atoms with Crippen LogP contribution in [0.1, 0.15) is 42.5 Å². The molecule has 9 heteroatoms. The van der Waals surface area contributed by atoms with Gasteiger partial charge in [0.1, 0.15) is 23.0 Å². The number of methoxy groups -OCH3 is 3. The van der Waals surface area contributed by atoms with Crippen LogP contribution in [0.5, 0.6) is 23.0 Å². The highest BCUT2D eigenvalue weighted by Gasteiger charge is 2.21. The second-order valence-electron chi connectivity index (χ2n) is 9.03. The number of likely N-dealkylation sites (tertiary alicyclic amines) is 1. The third-order valence-corrected chi connectivity index (χ3v) is 6.86. The summed E-state index contributed by atoms with van der Waals surface area (Å²) in [4.78, 5) is 15.2. The number of unbranched alkanes of at least 4 members (excludes halogenated alkanes) is 2. The molecule has 2 aromatic rings. The van der Waals surface area contributed by atoms with Gasteiger partial charge in [0.2, 0.25) is 0 Å². The van der Waals surface area contributed by atoms with Gasteiger partial charge in [-0.05, 0) is 63.7 Å². The summed E-state index contributed by atoms with van der Waals surface area (Å²) >= 11 is 6.09. The summed E-state index contributed by atoms with van der Waals surface area (Å²) in [6.45, 7) is 4.51. The smallest absolute Gasteiger partial charge is 0.255 e. The number of benzene rings is 2. The molecule has 3 rings (SSSR count). The van der Waals surface area contributed by atoms with Crippen LogP contribution in [0.3, 0.4) is 0 Å². The SMILES string of the molecule is COc1cc(OC)cc(OCCCCCN2CCC(CNC(=O)c3cc(Cl)c(N)cc3OC)CC2)c1. The Balaban J connectivity index is 1.29. The van der Waals surface area contributed by atoms with Gasteiger partial charge in [0, 0.05) is 30.8 Å². The van der Waals surface area contributed by atoms with Crippen LogP contribution in [-0.4, -0.2) is 64.9 Å². The van der Waals surface area contributed by atoms with Crippen molar-refractivity contribution < 1.29 is 23.7 Å². The average Bonchev–Trinajstić information content (AvgIpc) is 2.90. The standard InChI is InChI=1S/C27H38ClN3O5/c1-33-20-13-21(34-2)15-22(14-20)36-12-6-4-5-9-31-10-7-19(8-11-31)18-30-27(32)23-16-24(28)25(29)17-26(23)35-3/h13-17,19H,4-12,18,29H2,1-3H3,(H,30,32). The summed E-state index contributed by atoms with van der Waals surface area (Å²) in [7, 11) is 4.78. The molecule has 1 heterocycles. The maximum absolute atomic E-state index is 12.7. The van der Waals surface area contributed by atoms with Crippen LogP contribution in [0.2, 0.25) is 5.02 Å². The lowest BCUT2D eigenvalue weighted by Crippen LogP contribution is -2.39. The van der Waals surface area contributed by atoms with E-state index in [1.54, 1.807) is 26.4 Å². The Hall–Kier alpha value is -2.84. The molecule has 3 N–H and O–H groups in total. The van der Waals surface area contributed by atoms with Crippen molar-refractivity contribution in [2.75, 3.05) is 59.8 Å². The maximum Gasteiger partial charge on any atom is 0.255 e. The number of piperidine rings is 1. The van der Waals surface area contributed by atoms with E-state index in [1.807, 2.05) is 18.2 Å². The number of carbonyl (C=O) groups excluding carboxylic acids is 1. The summed E-state index contributed by atoms with van der Waals surface area (Å²) in [6, 6.07) is 8.72. The van der Waals surface area contributed by atoms with Gasteiger partial charge >= 0.3 is 0 Å². The van der Waals surface area contributed by atoms with E-state index < -0.39 is 0 Å². The Bertz CT molecular complexity index is 973. The number of nitrogens with zero attached hydrogens (tertiary/aromatic N) is 1. The van der Waals surface area contributed by atoms with E-state index in [-0.39, 0.29) is 5.91 Å². The summed E-state index contributed by atoms with van der Waals surface area (Å²) in [5, 5.41) is 3.38. The first-order chi connectivity index (χ1) is 17.4. The number of anilines is 1. The zero-order valence-electron chi connectivity index (χ0n) is 21.5. The van der Waals surface area contributed by atoms with E-state index in [4.69, 9.17) is 36.3 Å². The molecular weight excluding hydrogens is 482 g/mol. The lowest BCUT2D eigenvalue weighted by Gasteiger charge is -2.32. The Labute approximate surface area is 219 Å². The molecule has 1 aliphatic heterocycles. The first-order valence-corrected chi connectivity index (χ1v) is 12.8. The van der Waals surface area contributed by atoms with Crippen molar-refractivity contribution in [3.05, 3.63) is 40.9 Å². The van der Waals surface area contributed by atoms with Crippen molar-refractivity contribution in [3.8, 4) is 23.0 Å². The highest BCUT2D eigenvalue weighted by Crippen LogP contribution is 2.29.